The molecule has 0 atom stereocenters. The van der Waals surface area contributed by atoms with Crippen molar-refractivity contribution in [3.05, 3.63) is 36.7 Å². The molecular weight excluding hydrogens is 236 g/mol. The van der Waals surface area contributed by atoms with E-state index in [1.165, 1.54) is 4.90 Å². The standard InChI is InChI=1S/C16H28N2O/c1-7-10-15(11-8-2)18(6)16(12-9-3)14(4)17(5)13-19/h9,12-13,15H,3-4,7-8,10-11H2,1-2,5-6H3/b16-12+. The molecule has 0 rings (SSSR count). The lowest BCUT2D eigenvalue weighted by Gasteiger charge is -2.34. The normalized spacial score (nSPS) is 11.3. The smallest absolute Gasteiger partial charge is 0.213 e. The Morgan fingerprint density at radius 3 is 2.11 bits per heavy atom. The molecule has 0 aliphatic carbocycles. The van der Waals surface area contributed by atoms with Crippen LogP contribution in [0.3, 0.4) is 0 Å². The minimum Gasteiger partial charge on any atom is -0.370 e. The minimum absolute atomic E-state index is 0.470. The molecule has 0 spiro atoms. The molecule has 0 aromatic carbocycles. The van der Waals surface area contributed by atoms with Crippen molar-refractivity contribution in [1.82, 2.24) is 9.80 Å². The van der Waals surface area contributed by atoms with Gasteiger partial charge in [-0.25, -0.2) is 0 Å². The van der Waals surface area contributed by atoms with E-state index < -0.39 is 0 Å². The molecule has 0 aromatic heterocycles. The van der Waals surface area contributed by atoms with Gasteiger partial charge in [0, 0.05) is 20.1 Å². The van der Waals surface area contributed by atoms with Crippen LogP contribution in [0.25, 0.3) is 0 Å². The summed E-state index contributed by atoms with van der Waals surface area (Å²) >= 11 is 0. The van der Waals surface area contributed by atoms with E-state index in [1.807, 2.05) is 6.08 Å². The van der Waals surface area contributed by atoms with E-state index in [-0.39, 0.29) is 0 Å². The Labute approximate surface area is 118 Å². The second-order valence-electron chi connectivity index (χ2n) is 4.79. The first-order valence-electron chi connectivity index (χ1n) is 6.96. The molecule has 108 valence electrons. The van der Waals surface area contributed by atoms with Gasteiger partial charge in [-0.2, -0.15) is 0 Å². The summed E-state index contributed by atoms with van der Waals surface area (Å²) in [7, 11) is 3.78. The van der Waals surface area contributed by atoms with E-state index in [9.17, 15) is 4.79 Å². The molecule has 1 amide bonds. The molecule has 0 unspecified atom stereocenters. The Morgan fingerprint density at radius 1 is 1.21 bits per heavy atom. The summed E-state index contributed by atoms with van der Waals surface area (Å²) in [5.74, 6) is 0. The van der Waals surface area contributed by atoms with Crippen LogP contribution in [0, 0.1) is 0 Å². The average Bonchev–Trinajstić information content (AvgIpc) is 2.42. The van der Waals surface area contributed by atoms with Crippen molar-refractivity contribution in [1.29, 1.82) is 0 Å². The van der Waals surface area contributed by atoms with Crippen molar-refractivity contribution in [2.75, 3.05) is 14.1 Å². The highest BCUT2D eigenvalue weighted by atomic mass is 16.1. The molecule has 3 nitrogen and oxygen atoms in total. The number of nitrogens with zero attached hydrogens (tertiary/aromatic N) is 2. The molecule has 3 heteroatoms. The topological polar surface area (TPSA) is 23.6 Å². The minimum atomic E-state index is 0.470. The number of rotatable bonds is 10. The van der Waals surface area contributed by atoms with Crippen LogP contribution in [0.1, 0.15) is 39.5 Å². The van der Waals surface area contributed by atoms with Crippen molar-refractivity contribution < 1.29 is 4.79 Å². The summed E-state index contributed by atoms with van der Waals surface area (Å²) in [6, 6.07) is 0.470. The molecule has 0 fully saturated rings. The molecular formula is C16H28N2O. The summed E-state index contributed by atoms with van der Waals surface area (Å²) in [5.41, 5.74) is 1.66. The molecule has 0 N–H and O–H groups in total. The largest absolute Gasteiger partial charge is 0.370 e. The van der Waals surface area contributed by atoms with Gasteiger partial charge < -0.3 is 9.80 Å². The van der Waals surface area contributed by atoms with Crippen molar-refractivity contribution in [2.24, 2.45) is 0 Å². The van der Waals surface area contributed by atoms with Crippen LogP contribution in [0.15, 0.2) is 36.7 Å². The number of likely N-dealkylation sites (N-methyl/N-ethyl adjacent to an activating group) is 2. The van der Waals surface area contributed by atoms with Gasteiger partial charge >= 0.3 is 0 Å². The van der Waals surface area contributed by atoms with Crippen LogP contribution in [0.2, 0.25) is 0 Å². The van der Waals surface area contributed by atoms with E-state index >= 15 is 0 Å². The highest BCUT2D eigenvalue weighted by molar-refractivity contribution is 5.53. The molecule has 0 saturated carbocycles. The van der Waals surface area contributed by atoms with Crippen LogP contribution in [0.5, 0.6) is 0 Å². The third kappa shape index (κ3) is 5.33. The summed E-state index contributed by atoms with van der Waals surface area (Å²) in [6.45, 7) is 12.1. The van der Waals surface area contributed by atoms with E-state index in [4.69, 9.17) is 0 Å². The number of allylic oxidation sites excluding steroid dienone is 2. The Balaban J connectivity index is 5.15. The third-order valence-corrected chi connectivity index (χ3v) is 3.33. The molecule has 0 saturated heterocycles. The maximum absolute atomic E-state index is 10.9. The first-order valence-corrected chi connectivity index (χ1v) is 6.96. The lowest BCUT2D eigenvalue weighted by Crippen LogP contribution is -2.34. The maximum atomic E-state index is 10.9. The zero-order valence-electron chi connectivity index (χ0n) is 12.9. The van der Waals surface area contributed by atoms with Crippen molar-refractivity contribution in [3.63, 3.8) is 0 Å². The second kappa shape index (κ2) is 9.42. The monoisotopic (exact) mass is 264 g/mol. The number of hydrogen-bond donors (Lipinski definition) is 0. The van der Waals surface area contributed by atoms with E-state index in [2.05, 4.69) is 39.0 Å². The van der Waals surface area contributed by atoms with Crippen LogP contribution in [-0.2, 0) is 4.79 Å². The third-order valence-electron chi connectivity index (χ3n) is 3.33. The highest BCUT2D eigenvalue weighted by Crippen LogP contribution is 2.22. The van der Waals surface area contributed by atoms with Crippen molar-refractivity contribution in [2.45, 2.75) is 45.6 Å². The maximum Gasteiger partial charge on any atom is 0.213 e. The fraction of sp³-hybridized carbons (Fsp3) is 0.562. The number of carbonyl (C=O) groups excluding carboxylic acids is 1. The van der Waals surface area contributed by atoms with Crippen molar-refractivity contribution in [3.8, 4) is 0 Å². The number of carbonyl (C=O) groups is 1. The fourth-order valence-electron chi connectivity index (χ4n) is 2.17. The summed E-state index contributed by atoms with van der Waals surface area (Å²) in [4.78, 5) is 14.6. The molecule has 0 aliphatic heterocycles. The zero-order chi connectivity index (χ0) is 14.8. The molecule has 0 aliphatic rings. The number of amides is 1. The zero-order valence-corrected chi connectivity index (χ0v) is 12.9. The second-order valence-corrected chi connectivity index (χ2v) is 4.79. The van der Waals surface area contributed by atoms with Gasteiger partial charge in [0.05, 0.1) is 11.4 Å². The predicted molar refractivity (Wildman–Crippen MR) is 82.6 cm³/mol. The van der Waals surface area contributed by atoms with Crippen LogP contribution in [-0.4, -0.2) is 36.3 Å². The Bertz CT molecular complexity index is 328. The summed E-state index contributed by atoms with van der Waals surface area (Å²) < 4.78 is 0. The van der Waals surface area contributed by atoms with E-state index in [0.717, 1.165) is 37.8 Å². The van der Waals surface area contributed by atoms with Crippen LogP contribution in [0.4, 0.5) is 0 Å². The van der Waals surface area contributed by atoms with Gasteiger partial charge in [0.1, 0.15) is 0 Å². The van der Waals surface area contributed by atoms with Gasteiger partial charge in [-0.15, -0.1) is 0 Å². The predicted octanol–water partition coefficient (Wildman–Crippen LogP) is 3.56. The lowest BCUT2D eigenvalue weighted by atomic mass is 10.0. The van der Waals surface area contributed by atoms with E-state index in [0.29, 0.717) is 11.7 Å². The van der Waals surface area contributed by atoms with E-state index in [1.54, 1.807) is 13.1 Å². The molecule has 19 heavy (non-hydrogen) atoms. The Hall–Kier alpha value is -1.51. The first-order chi connectivity index (χ1) is 9.03. The van der Waals surface area contributed by atoms with Gasteiger partial charge in [-0.1, -0.05) is 45.9 Å². The molecule has 0 radical (unpaired) electrons. The van der Waals surface area contributed by atoms with Crippen molar-refractivity contribution >= 4 is 6.41 Å². The van der Waals surface area contributed by atoms with Crippen LogP contribution >= 0.6 is 0 Å². The SMILES string of the molecule is C=C/C=C(\C(=C)N(C)C=O)N(C)C(CCC)CCC. The molecule has 0 bridgehead atoms. The quantitative estimate of drug-likeness (QED) is 0.445. The Kier molecular flexibility index (Phi) is 8.68. The molecule has 0 aromatic rings. The van der Waals surface area contributed by atoms with Gasteiger partial charge in [-0.3, -0.25) is 4.79 Å². The molecule has 0 heterocycles. The Morgan fingerprint density at radius 2 is 1.74 bits per heavy atom. The highest BCUT2D eigenvalue weighted by Gasteiger charge is 2.18. The summed E-state index contributed by atoms with van der Waals surface area (Å²) in [5, 5.41) is 0. The number of hydrogen-bond acceptors (Lipinski definition) is 2. The average molecular weight is 264 g/mol. The van der Waals surface area contributed by atoms with Gasteiger partial charge in [0.25, 0.3) is 0 Å². The summed E-state index contributed by atoms with van der Waals surface area (Å²) in [6.07, 6.45) is 9.00. The van der Waals surface area contributed by atoms with Gasteiger partial charge in [0.2, 0.25) is 6.41 Å². The van der Waals surface area contributed by atoms with Gasteiger partial charge in [-0.05, 0) is 18.9 Å². The van der Waals surface area contributed by atoms with Gasteiger partial charge in [0.15, 0.2) is 0 Å². The first kappa shape index (κ1) is 17.5. The van der Waals surface area contributed by atoms with Crippen LogP contribution < -0.4 is 0 Å². The lowest BCUT2D eigenvalue weighted by molar-refractivity contribution is -0.115. The fourth-order valence-corrected chi connectivity index (χ4v) is 2.17.